The Morgan fingerprint density at radius 1 is 1.11 bits per heavy atom. The van der Waals surface area contributed by atoms with E-state index < -0.39 is 0 Å². The Kier molecular flexibility index (Phi) is 3.15. The van der Waals surface area contributed by atoms with Crippen molar-refractivity contribution in [1.82, 2.24) is 19.6 Å². The predicted octanol–water partition coefficient (Wildman–Crippen LogP) is 2.25. The number of nitrogens with one attached hydrogen (secondary N) is 1. The van der Waals surface area contributed by atoms with Crippen molar-refractivity contribution in [2.24, 2.45) is 14.1 Å². The second-order valence-corrected chi connectivity index (χ2v) is 4.88. The van der Waals surface area contributed by atoms with E-state index in [1.54, 1.807) is 0 Å². The SMILES string of the molecule is Cc1nn(C)cc1C(C)Nc1c(C)nn(C)c1C. The van der Waals surface area contributed by atoms with Crippen molar-refractivity contribution in [3.05, 3.63) is 28.8 Å². The van der Waals surface area contributed by atoms with E-state index in [0.717, 1.165) is 22.8 Å². The van der Waals surface area contributed by atoms with Crippen molar-refractivity contribution in [1.29, 1.82) is 0 Å². The monoisotopic (exact) mass is 247 g/mol. The van der Waals surface area contributed by atoms with Gasteiger partial charge in [-0.15, -0.1) is 0 Å². The summed E-state index contributed by atoms with van der Waals surface area (Å²) in [5, 5.41) is 12.3. The van der Waals surface area contributed by atoms with Crippen LogP contribution >= 0.6 is 0 Å². The third-order valence-corrected chi connectivity index (χ3v) is 3.39. The minimum Gasteiger partial charge on any atom is -0.375 e. The number of hydrogen-bond acceptors (Lipinski definition) is 3. The van der Waals surface area contributed by atoms with Gasteiger partial charge in [0.25, 0.3) is 0 Å². The summed E-state index contributed by atoms with van der Waals surface area (Å²) in [7, 11) is 3.91. The molecule has 0 aliphatic carbocycles. The van der Waals surface area contributed by atoms with Gasteiger partial charge in [-0.25, -0.2) is 0 Å². The summed E-state index contributed by atoms with van der Waals surface area (Å²) in [6.07, 6.45) is 2.06. The fourth-order valence-corrected chi connectivity index (χ4v) is 2.32. The first-order chi connectivity index (χ1) is 8.40. The number of aryl methyl sites for hydroxylation is 4. The van der Waals surface area contributed by atoms with Crippen molar-refractivity contribution in [2.75, 3.05) is 5.32 Å². The quantitative estimate of drug-likeness (QED) is 0.905. The lowest BCUT2D eigenvalue weighted by molar-refractivity contribution is 0.731. The van der Waals surface area contributed by atoms with Crippen LogP contribution in [0.5, 0.6) is 0 Å². The molecule has 0 saturated heterocycles. The average molecular weight is 247 g/mol. The zero-order chi connectivity index (χ0) is 13.4. The lowest BCUT2D eigenvalue weighted by atomic mass is 10.1. The highest BCUT2D eigenvalue weighted by Crippen LogP contribution is 2.25. The van der Waals surface area contributed by atoms with Gasteiger partial charge >= 0.3 is 0 Å². The highest BCUT2D eigenvalue weighted by molar-refractivity contribution is 5.53. The molecule has 5 nitrogen and oxygen atoms in total. The van der Waals surface area contributed by atoms with Gasteiger partial charge in [0.15, 0.2) is 0 Å². The summed E-state index contributed by atoms with van der Waals surface area (Å²) in [5.41, 5.74) is 5.59. The lowest BCUT2D eigenvalue weighted by Crippen LogP contribution is -2.08. The molecule has 0 radical (unpaired) electrons. The predicted molar refractivity (Wildman–Crippen MR) is 72.7 cm³/mol. The third-order valence-electron chi connectivity index (χ3n) is 3.39. The number of rotatable bonds is 3. The van der Waals surface area contributed by atoms with Crippen LogP contribution in [0.2, 0.25) is 0 Å². The van der Waals surface area contributed by atoms with Crippen LogP contribution in [-0.2, 0) is 14.1 Å². The molecule has 0 aliphatic rings. The molecule has 0 aromatic carbocycles. The van der Waals surface area contributed by atoms with Crippen LogP contribution < -0.4 is 5.32 Å². The van der Waals surface area contributed by atoms with Crippen LogP contribution in [-0.4, -0.2) is 19.6 Å². The van der Waals surface area contributed by atoms with Crippen LogP contribution in [0.3, 0.4) is 0 Å². The zero-order valence-electron chi connectivity index (χ0n) is 11.9. The third kappa shape index (κ3) is 2.12. The van der Waals surface area contributed by atoms with E-state index in [4.69, 9.17) is 0 Å². The van der Waals surface area contributed by atoms with Gasteiger partial charge in [0.2, 0.25) is 0 Å². The Morgan fingerprint density at radius 2 is 1.78 bits per heavy atom. The van der Waals surface area contributed by atoms with Gasteiger partial charge in [0.05, 0.1) is 28.8 Å². The van der Waals surface area contributed by atoms with E-state index in [9.17, 15) is 0 Å². The Morgan fingerprint density at radius 3 is 2.22 bits per heavy atom. The van der Waals surface area contributed by atoms with Gasteiger partial charge in [0, 0.05) is 25.9 Å². The van der Waals surface area contributed by atoms with E-state index in [1.807, 2.05) is 37.3 Å². The van der Waals surface area contributed by atoms with Gasteiger partial charge in [-0.05, 0) is 27.7 Å². The molecule has 0 fully saturated rings. The fourth-order valence-electron chi connectivity index (χ4n) is 2.32. The summed E-state index contributed by atoms with van der Waals surface area (Å²) < 4.78 is 3.76. The maximum absolute atomic E-state index is 4.42. The van der Waals surface area contributed by atoms with E-state index in [1.165, 1.54) is 5.56 Å². The minimum atomic E-state index is 0.222. The molecule has 2 aromatic heterocycles. The van der Waals surface area contributed by atoms with Crippen LogP contribution in [0.15, 0.2) is 6.20 Å². The number of anilines is 1. The van der Waals surface area contributed by atoms with Gasteiger partial charge in [-0.2, -0.15) is 10.2 Å². The summed E-state index contributed by atoms with van der Waals surface area (Å²) in [4.78, 5) is 0. The molecule has 5 heteroatoms. The fraction of sp³-hybridized carbons (Fsp3) is 0.538. The molecule has 0 aliphatic heterocycles. The molecule has 0 amide bonds. The van der Waals surface area contributed by atoms with Crippen molar-refractivity contribution < 1.29 is 0 Å². The standard InChI is InChI=1S/C13H21N5/c1-8(12-7-17(5)15-9(12)2)14-13-10(3)16-18(6)11(13)4/h7-8,14H,1-6H3. The summed E-state index contributed by atoms with van der Waals surface area (Å²) >= 11 is 0. The van der Waals surface area contributed by atoms with E-state index in [2.05, 4.69) is 35.6 Å². The van der Waals surface area contributed by atoms with Crippen LogP contribution in [0.4, 0.5) is 5.69 Å². The molecule has 98 valence electrons. The number of nitrogens with zero attached hydrogens (tertiary/aromatic N) is 4. The van der Waals surface area contributed by atoms with E-state index >= 15 is 0 Å². The molecule has 0 bridgehead atoms. The minimum absolute atomic E-state index is 0.222. The smallest absolute Gasteiger partial charge is 0.0828 e. The first kappa shape index (κ1) is 12.7. The molecule has 1 N–H and O–H groups in total. The van der Waals surface area contributed by atoms with Crippen molar-refractivity contribution in [3.8, 4) is 0 Å². The first-order valence-electron chi connectivity index (χ1n) is 6.17. The normalized spacial score (nSPS) is 12.8. The Hall–Kier alpha value is -1.78. The van der Waals surface area contributed by atoms with Crippen LogP contribution in [0, 0.1) is 20.8 Å². The van der Waals surface area contributed by atoms with E-state index in [-0.39, 0.29) is 6.04 Å². The Bertz CT molecular complexity index is 564. The Labute approximate surface area is 108 Å². The second kappa shape index (κ2) is 4.48. The topological polar surface area (TPSA) is 47.7 Å². The molecule has 2 aromatic rings. The van der Waals surface area contributed by atoms with Crippen molar-refractivity contribution >= 4 is 5.69 Å². The van der Waals surface area contributed by atoms with Gasteiger partial charge in [0.1, 0.15) is 0 Å². The zero-order valence-corrected chi connectivity index (χ0v) is 11.9. The molecule has 2 rings (SSSR count). The molecule has 1 unspecified atom stereocenters. The highest BCUT2D eigenvalue weighted by Gasteiger charge is 2.16. The maximum Gasteiger partial charge on any atom is 0.0828 e. The van der Waals surface area contributed by atoms with Gasteiger partial charge in [-0.3, -0.25) is 9.36 Å². The highest BCUT2D eigenvalue weighted by atomic mass is 15.3. The lowest BCUT2D eigenvalue weighted by Gasteiger charge is -2.15. The Balaban J connectivity index is 2.26. The average Bonchev–Trinajstić information content (AvgIpc) is 2.73. The molecule has 2 heterocycles. The molecule has 0 spiro atoms. The molecular formula is C13H21N5. The summed E-state index contributed by atoms with van der Waals surface area (Å²) in [5.74, 6) is 0. The maximum atomic E-state index is 4.42. The molecule has 1 atom stereocenters. The van der Waals surface area contributed by atoms with Crippen molar-refractivity contribution in [2.45, 2.75) is 33.7 Å². The summed E-state index contributed by atoms with van der Waals surface area (Å²) in [6, 6.07) is 0.222. The van der Waals surface area contributed by atoms with Gasteiger partial charge < -0.3 is 5.32 Å². The molecule has 18 heavy (non-hydrogen) atoms. The van der Waals surface area contributed by atoms with Crippen molar-refractivity contribution in [3.63, 3.8) is 0 Å². The molecular weight excluding hydrogens is 226 g/mol. The van der Waals surface area contributed by atoms with E-state index in [0.29, 0.717) is 0 Å². The molecule has 0 saturated carbocycles. The first-order valence-corrected chi connectivity index (χ1v) is 6.17. The van der Waals surface area contributed by atoms with Crippen LogP contribution in [0.1, 0.15) is 35.6 Å². The number of hydrogen-bond donors (Lipinski definition) is 1. The summed E-state index contributed by atoms with van der Waals surface area (Å²) in [6.45, 7) is 8.29. The number of aromatic nitrogens is 4. The largest absolute Gasteiger partial charge is 0.375 e. The van der Waals surface area contributed by atoms with Gasteiger partial charge in [-0.1, -0.05) is 0 Å². The van der Waals surface area contributed by atoms with Crippen LogP contribution in [0.25, 0.3) is 0 Å². The second-order valence-electron chi connectivity index (χ2n) is 4.88.